The van der Waals surface area contributed by atoms with Crippen molar-refractivity contribution in [3.05, 3.63) is 83.9 Å². The number of nitrogens with one attached hydrogen (secondary N) is 3. The van der Waals surface area contributed by atoms with Gasteiger partial charge >= 0.3 is 6.03 Å². The summed E-state index contributed by atoms with van der Waals surface area (Å²) in [6, 6.07) is 14.3. The van der Waals surface area contributed by atoms with Gasteiger partial charge in [0.15, 0.2) is 0 Å². The van der Waals surface area contributed by atoms with Crippen LogP contribution in [0.1, 0.15) is 15.9 Å². The van der Waals surface area contributed by atoms with E-state index < -0.39 is 0 Å². The Kier molecular flexibility index (Phi) is 8.18. The monoisotopic (exact) mass is 477 g/mol. The Balaban J connectivity index is 1.14. The van der Waals surface area contributed by atoms with E-state index in [9.17, 15) is 14.0 Å². The summed E-state index contributed by atoms with van der Waals surface area (Å²) in [5.41, 5.74) is 1.42. The zero-order valence-electron chi connectivity index (χ0n) is 19.3. The number of amides is 3. The van der Waals surface area contributed by atoms with Crippen LogP contribution in [0, 0.1) is 5.82 Å². The number of hydrogen-bond donors (Lipinski definition) is 3. The van der Waals surface area contributed by atoms with Gasteiger partial charge in [0, 0.05) is 75.0 Å². The van der Waals surface area contributed by atoms with Crippen LogP contribution in [0.15, 0.2) is 67.0 Å². The molecule has 1 aliphatic heterocycles. The Morgan fingerprint density at radius 2 is 1.60 bits per heavy atom. The summed E-state index contributed by atoms with van der Waals surface area (Å²) in [5.74, 6) is 0.0730. The molecule has 1 fully saturated rings. The van der Waals surface area contributed by atoms with Gasteiger partial charge in [0.05, 0.1) is 0 Å². The maximum absolute atomic E-state index is 13.7. The van der Waals surface area contributed by atoms with Crippen molar-refractivity contribution in [3.63, 3.8) is 0 Å². The summed E-state index contributed by atoms with van der Waals surface area (Å²) in [5, 5.41) is 8.32. The molecule has 3 amide bonds. The Bertz CT molecular complexity index is 1120. The zero-order chi connectivity index (χ0) is 24.5. The normalized spacial score (nSPS) is 13.8. The number of nitrogens with zero attached hydrogens (tertiary/aromatic N) is 4. The molecule has 4 rings (SSSR count). The fraction of sp³-hybridized carbons (Fsp3) is 0.280. The summed E-state index contributed by atoms with van der Waals surface area (Å²) in [7, 11) is 0. The maximum atomic E-state index is 13.7. The van der Waals surface area contributed by atoms with E-state index in [2.05, 4.69) is 35.7 Å². The fourth-order valence-electron chi connectivity index (χ4n) is 3.75. The van der Waals surface area contributed by atoms with Crippen LogP contribution in [-0.4, -0.2) is 66.1 Å². The van der Waals surface area contributed by atoms with Crippen molar-refractivity contribution in [2.24, 2.45) is 0 Å². The highest BCUT2D eigenvalue weighted by atomic mass is 19.1. The topological polar surface area (TPSA) is 102 Å². The van der Waals surface area contributed by atoms with E-state index >= 15 is 0 Å². The van der Waals surface area contributed by atoms with E-state index in [4.69, 9.17) is 0 Å². The number of rotatable bonds is 8. The first kappa shape index (κ1) is 24.1. The van der Waals surface area contributed by atoms with Crippen LogP contribution < -0.4 is 20.9 Å². The summed E-state index contributed by atoms with van der Waals surface area (Å²) in [4.78, 5) is 37.5. The number of halogens is 1. The van der Waals surface area contributed by atoms with Crippen LogP contribution in [0.5, 0.6) is 0 Å². The van der Waals surface area contributed by atoms with Gasteiger partial charge in [0.25, 0.3) is 5.91 Å². The number of piperazine rings is 1. The average molecular weight is 478 g/mol. The molecule has 0 bridgehead atoms. The highest BCUT2D eigenvalue weighted by Crippen LogP contribution is 2.11. The second-order valence-electron chi connectivity index (χ2n) is 8.11. The van der Waals surface area contributed by atoms with Gasteiger partial charge in [-0.1, -0.05) is 18.2 Å². The zero-order valence-corrected chi connectivity index (χ0v) is 19.3. The summed E-state index contributed by atoms with van der Waals surface area (Å²) in [6.07, 6.45) is 3.49. The third kappa shape index (κ3) is 6.97. The minimum Gasteiger partial charge on any atom is -0.348 e. The van der Waals surface area contributed by atoms with Gasteiger partial charge < -0.3 is 20.9 Å². The molecule has 1 aromatic heterocycles. The van der Waals surface area contributed by atoms with Gasteiger partial charge in [-0.15, -0.1) is 0 Å². The second-order valence-corrected chi connectivity index (χ2v) is 8.11. The fourth-order valence-corrected chi connectivity index (χ4v) is 3.75. The van der Waals surface area contributed by atoms with Crippen molar-refractivity contribution in [2.45, 2.75) is 6.54 Å². The number of benzene rings is 2. The lowest BCUT2D eigenvalue weighted by atomic mass is 10.1. The van der Waals surface area contributed by atoms with Gasteiger partial charge in [-0.3, -0.25) is 9.69 Å². The van der Waals surface area contributed by atoms with Crippen LogP contribution in [-0.2, 0) is 6.54 Å². The summed E-state index contributed by atoms with van der Waals surface area (Å²) in [6.45, 7) is 4.81. The molecule has 1 saturated heterocycles. The molecule has 0 aliphatic carbocycles. The lowest BCUT2D eigenvalue weighted by Gasteiger charge is -2.34. The Morgan fingerprint density at radius 1 is 0.886 bits per heavy atom. The van der Waals surface area contributed by atoms with E-state index in [1.165, 1.54) is 6.07 Å². The SMILES string of the molecule is O=C(NCCN1CCN(c2ncccn2)CC1)Nc1ccc(C(=O)NCc2ccccc2F)cc1. The van der Waals surface area contributed by atoms with Crippen molar-refractivity contribution in [1.82, 2.24) is 25.5 Å². The lowest BCUT2D eigenvalue weighted by molar-refractivity contribution is 0.0950. The summed E-state index contributed by atoms with van der Waals surface area (Å²) < 4.78 is 13.7. The van der Waals surface area contributed by atoms with Gasteiger partial charge in [-0.2, -0.15) is 0 Å². The molecule has 0 spiro atoms. The molecule has 0 atom stereocenters. The largest absolute Gasteiger partial charge is 0.348 e. The maximum Gasteiger partial charge on any atom is 0.319 e. The van der Waals surface area contributed by atoms with Gasteiger partial charge in [-0.05, 0) is 36.4 Å². The second kappa shape index (κ2) is 11.9. The Morgan fingerprint density at radius 3 is 2.31 bits per heavy atom. The van der Waals surface area contributed by atoms with Crippen LogP contribution in [0.2, 0.25) is 0 Å². The van der Waals surface area contributed by atoms with E-state index in [-0.39, 0.29) is 24.3 Å². The molecule has 182 valence electrons. The van der Waals surface area contributed by atoms with Crippen molar-refractivity contribution in [1.29, 1.82) is 0 Å². The van der Waals surface area contributed by atoms with Crippen molar-refractivity contribution < 1.29 is 14.0 Å². The molecular formula is C25H28FN7O2. The minimum atomic E-state index is -0.359. The number of anilines is 2. The molecule has 0 unspecified atom stereocenters. The van der Waals surface area contributed by atoms with Crippen LogP contribution >= 0.6 is 0 Å². The molecule has 0 saturated carbocycles. The molecule has 1 aliphatic rings. The summed E-state index contributed by atoms with van der Waals surface area (Å²) >= 11 is 0. The van der Waals surface area contributed by atoms with Crippen molar-refractivity contribution >= 4 is 23.6 Å². The number of carbonyl (C=O) groups is 2. The number of aromatic nitrogens is 2. The molecule has 3 N–H and O–H groups in total. The van der Waals surface area contributed by atoms with Gasteiger partial charge in [0.2, 0.25) is 5.95 Å². The highest BCUT2D eigenvalue weighted by molar-refractivity contribution is 5.95. The molecule has 10 heteroatoms. The predicted octanol–water partition coefficient (Wildman–Crippen LogP) is 2.49. The van der Waals surface area contributed by atoms with Crippen LogP contribution in [0.4, 0.5) is 20.8 Å². The van der Waals surface area contributed by atoms with E-state index in [0.717, 1.165) is 38.7 Å². The average Bonchev–Trinajstić information content (AvgIpc) is 2.89. The van der Waals surface area contributed by atoms with Crippen molar-refractivity contribution in [3.8, 4) is 0 Å². The molecule has 2 aromatic carbocycles. The third-order valence-electron chi connectivity index (χ3n) is 5.72. The molecule has 3 aromatic rings. The highest BCUT2D eigenvalue weighted by Gasteiger charge is 2.18. The first-order valence-electron chi connectivity index (χ1n) is 11.5. The van der Waals surface area contributed by atoms with Crippen LogP contribution in [0.25, 0.3) is 0 Å². The molecule has 2 heterocycles. The standard InChI is InChI=1S/C25H28FN7O2/c26-22-5-2-1-4-20(22)18-30-23(34)19-6-8-21(9-7-19)31-25(35)29-12-13-32-14-16-33(17-15-32)24-27-10-3-11-28-24/h1-11H,12-18H2,(H,30,34)(H2,29,31,35). The van der Waals surface area contributed by atoms with Gasteiger partial charge in [-0.25, -0.2) is 19.2 Å². The van der Waals surface area contributed by atoms with Crippen LogP contribution in [0.3, 0.4) is 0 Å². The quantitative estimate of drug-likeness (QED) is 0.461. The third-order valence-corrected chi connectivity index (χ3v) is 5.72. The van der Waals surface area contributed by atoms with E-state index in [1.54, 1.807) is 60.9 Å². The van der Waals surface area contributed by atoms with Gasteiger partial charge in [0.1, 0.15) is 5.82 Å². The lowest BCUT2D eigenvalue weighted by Crippen LogP contribution is -2.49. The minimum absolute atomic E-state index is 0.100. The molecule has 0 radical (unpaired) electrons. The van der Waals surface area contributed by atoms with E-state index in [0.29, 0.717) is 23.4 Å². The first-order chi connectivity index (χ1) is 17.1. The molecule has 9 nitrogen and oxygen atoms in total. The molecule has 35 heavy (non-hydrogen) atoms. The molecular weight excluding hydrogens is 449 g/mol. The Labute approximate surface area is 203 Å². The Hall–Kier alpha value is -4.05. The number of hydrogen-bond acceptors (Lipinski definition) is 6. The number of urea groups is 1. The van der Waals surface area contributed by atoms with E-state index in [1.807, 2.05) is 0 Å². The smallest absolute Gasteiger partial charge is 0.319 e. The predicted molar refractivity (Wildman–Crippen MR) is 132 cm³/mol. The van der Waals surface area contributed by atoms with Crippen molar-refractivity contribution in [2.75, 3.05) is 49.5 Å². The first-order valence-corrected chi connectivity index (χ1v) is 11.5. The number of carbonyl (C=O) groups excluding carboxylic acids is 2.